The molecule has 0 saturated heterocycles. The van der Waals surface area contributed by atoms with E-state index in [1.807, 2.05) is 13.8 Å². The van der Waals surface area contributed by atoms with Crippen molar-refractivity contribution < 1.29 is 9.53 Å². The zero-order valence-corrected chi connectivity index (χ0v) is 10.4. The second kappa shape index (κ2) is 5.04. The molecule has 0 atom stereocenters. The van der Waals surface area contributed by atoms with Crippen LogP contribution in [0, 0.1) is 0 Å². The van der Waals surface area contributed by atoms with Crippen LogP contribution in [0.5, 0.6) is 5.75 Å². The molecule has 4 heteroatoms. The lowest BCUT2D eigenvalue weighted by atomic mass is 10.1. The van der Waals surface area contributed by atoms with Crippen molar-refractivity contribution in [3.63, 3.8) is 0 Å². The smallest absolute Gasteiger partial charge is 0.248 e. The molecule has 0 bridgehead atoms. The molecule has 0 aliphatic heterocycles. The minimum atomic E-state index is -0.182. The quantitative estimate of drug-likeness (QED) is 0.842. The molecular formula is C14H15NO3. The van der Waals surface area contributed by atoms with Gasteiger partial charge >= 0.3 is 0 Å². The van der Waals surface area contributed by atoms with Crippen molar-refractivity contribution in [3.8, 4) is 5.75 Å². The van der Waals surface area contributed by atoms with Gasteiger partial charge in [0.25, 0.3) is 0 Å². The van der Waals surface area contributed by atoms with Crippen LogP contribution in [-0.4, -0.2) is 17.4 Å². The Labute approximate surface area is 105 Å². The first-order valence-electron chi connectivity index (χ1n) is 5.98. The van der Waals surface area contributed by atoms with Crippen LogP contribution in [0.1, 0.15) is 30.6 Å². The predicted molar refractivity (Wildman–Crippen MR) is 70.4 cm³/mol. The highest BCUT2D eigenvalue weighted by Crippen LogP contribution is 2.25. The maximum atomic E-state index is 11.8. The summed E-state index contributed by atoms with van der Waals surface area (Å²) in [6, 6.07) is 6.61. The lowest BCUT2D eigenvalue weighted by molar-refractivity contribution is 0.0988. The summed E-state index contributed by atoms with van der Waals surface area (Å²) in [4.78, 5) is 25.8. The minimum Gasteiger partial charge on any atom is -0.492 e. The standard InChI is InChI=1S/C14H15NO3/c1-3-11(16)10-7-9-5-6-13(17)15-14(9)12(8-10)18-4-2/h5-8H,3-4H2,1-2H3,(H,15,17). The normalized spacial score (nSPS) is 10.6. The number of carbonyl (C=O) groups excluding carboxylic acids is 1. The van der Waals surface area contributed by atoms with Gasteiger partial charge in [-0.1, -0.05) is 6.92 Å². The summed E-state index contributed by atoms with van der Waals surface area (Å²) < 4.78 is 5.49. The molecule has 2 aromatic rings. The number of aromatic amines is 1. The van der Waals surface area contributed by atoms with E-state index in [1.165, 1.54) is 6.07 Å². The van der Waals surface area contributed by atoms with Crippen molar-refractivity contribution in [1.82, 2.24) is 4.98 Å². The van der Waals surface area contributed by atoms with Crippen LogP contribution in [-0.2, 0) is 0 Å². The first-order valence-corrected chi connectivity index (χ1v) is 5.98. The van der Waals surface area contributed by atoms with E-state index in [4.69, 9.17) is 4.74 Å². The first kappa shape index (κ1) is 12.4. The van der Waals surface area contributed by atoms with Gasteiger partial charge in [-0.2, -0.15) is 0 Å². The fourth-order valence-electron chi connectivity index (χ4n) is 1.87. The molecule has 1 heterocycles. The van der Waals surface area contributed by atoms with Crippen molar-refractivity contribution in [1.29, 1.82) is 0 Å². The molecule has 0 spiro atoms. The molecule has 0 saturated carbocycles. The molecule has 1 aromatic carbocycles. The van der Waals surface area contributed by atoms with E-state index in [9.17, 15) is 9.59 Å². The summed E-state index contributed by atoms with van der Waals surface area (Å²) in [6.45, 7) is 4.16. The van der Waals surface area contributed by atoms with Gasteiger partial charge in [-0.3, -0.25) is 9.59 Å². The molecule has 2 rings (SSSR count). The van der Waals surface area contributed by atoms with Crippen molar-refractivity contribution in [2.75, 3.05) is 6.61 Å². The SMILES string of the molecule is CCOc1cc(C(=O)CC)cc2ccc(=O)[nH]c12. The number of ketones is 1. The van der Waals surface area contributed by atoms with Gasteiger partial charge in [-0.15, -0.1) is 0 Å². The molecule has 0 amide bonds. The highest BCUT2D eigenvalue weighted by atomic mass is 16.5. The molecule has 0 aliphatic carbocycles. The van der Waals surface area contributed by atoms with Gasteiger partial charge in [0.2, 0.25) is 5.56 Å². The van der Waals surface area contributed by atoms with Gasteiger partial charge in [0.05, 0.1) is 12.1 Å². The van der Waals surface area contributed by atoms with Crippen LogP contribution in [0.3, 0.4) is 0 Å². The summed E-state index contributed by atoms with van der Waals surface area (Å²) in [5, 5.41) is 0.803. The fourth-order valence-corrected chi connectivity index (χ4v) is 1.87. The summed E-state index contributed by atoms with van der Waals surface area (Å²) >= 11 is 0. The predicted octanol–water partition coefficient (Wildman–Crippen LogP) is 2.52. The van der Waals surface area contributed by atoms with E-state index in [-0.39, 0.29) is 11.3 Å². The number of fused-ring (bicyclic) bond motifs is 1. The molecule has 94 valence electrons. The number of ether oxygens (including phenoxy) is 1. The third kappa shape index (κ3) is 2.27. The summed E-state index contributed by atoms with van der Waals surface area (Å²) in [7, 11) is 0. The van der Waals surface area contributed by atoms with Crippen molar-refractivity contribution >= 4 is 16.7 Å². The zero-order chi connectivity index (χ0) is 13.1. The molecule has 1 N–H and O–H groups in total. The van der Waals surface area contributed by atoms with Gasteiger partial charge < -0.3 is 9.72 Å². The maximum Gasteiger partial charge on any atom is 0.248 e. The van der Waals surface area contributed by atoms with E-state index in [1.54, 1.807) is 18.2 Å². The highest BCUT2D eigenvalue weighted by Gasteiger charge is 2.10. The molecule has 1 aromatic heterocycles. The number of pyridine rings is 1. The van der Waals surface area contributed by atoms with E-state index < -0.39 is 0 Å². The third-order valence-corrected chi connectivity index (χ3v) is 2.74. The van der Waals surface area contributed by atoms with E-state index in [0.717, 1.165) is 5.39 Å². The number of carbonyl (C=O) groups is 1. The average Bonchev–Trinajstić information content (AvgIpc) is 2.38. The number of H-pyrrole nitrogens is 1. The average molecular weight is 245 g/mol. The van der Waals surface area contributed by atoms with Gasteiger partial charge in [0.15, 0.2) is 5.78 Å². The Bertz CT molecular complexity index is 643. The molecule has 0 radical (unpaired) electrons. The monoisotopic (exact) mass is 245 g/mol. The second-order valence-electron chi connectivity index (χ2n) is 3.97. The Morgan fingerprint density at radius 1 is 1.28 bits per heavy atom. The molecule has 0 fully saturated rings. The van der Waals surface area contributed by atoms with Crippen LogP contribution in [0.15, 0.2) is 29.1 Å². The molecule has 0 unspecified atom stereocenters. The Morgan fingerprint density at radius 2 is 2.06 bits per heavy atom. The Morgan fingerprint density at radius 3 is 2.72 bits per heavy atom. The van der Waals surface area contributed by atoms with Gasteiger partial charge in [0.1, 0.15) is 5.75 Å². The van der Waals surface area contributed by atoms with E-state index >= 15 is 0 Å². The van der Waals surface area contributed by atoms with E-state index in [2.05, 4.69) is 4.98 Å². The minimum absolute atomic E-state index is 0.0593. The number of aromatic nitrogens is 1. The van der Waals surface area contributed by atoms with Gasteiger partial charge in [0, 0.05) is 23.4 Å². The highest BCUT2D eigenvalue weighted by molar-refractivity contribution is 6.00. The summed E-state index contributed by atoms with van der Waals surface area (Å²) in [5.74, 6) is 0.605. The number of hydrogen-bond donors (Lipinski definition) is 1. The number of Topliss-reactive ketones (excluding diaryl/α,β-unsaturated/α-hetero) is 1. The lowest BCUT2D eigenvalue weighted by Crippen LogP contribution is -2.06. The van der Waals surface area contributed by atoms with Crippen molar-refractivity contribution in [2.24, 2.45) is 0 Å². The number of benzene rings is 1. The van der Waals surface area contributed by atoms with Gasteiger partial charge in [-0.25, -0.2) is 0 Å². The molecular weight excluding hydrogens is 230 g/mol. The summed E-state index contributed by atoms with van der Waals surface area (Å²) in [6.07, 6.45) is 0.445. The Hall–Kier alpha value is -2.10. The Kier molecular flexibility index (Phi) is 3.46. The van der Waals surface area contributed by atoms with E-state index in [0.29, 0.717) is 29.9 Å². The van der Waals surface area contributed by atoms with Crippen molar-refractivity contribution in [2.45, 2.75) is 20.3 Å². The van der Waals surface area contributed by atoms with Crippen LogP contribution in [0.4, 0.5) is 0 Å². The topological polar surface area (TPSA) is 59.2 Å². The van der Waals surface area contributed by atoms with Gasteiger partial charge in [-0.05, 0) is 25.1 Å². The molecule has 18 heavy (non-hydrogen) atoms. The number of hydrogen-bond acceptors (Lipinski definition) is 3. The van der Waals surface area contributed by atoms with Crippen LogP contribution in [0.2, 0.25) is 0 Å². The zero-order valence-electron chi connectivity index (χ0n) is 10.4. The third-order valence-electron chi connectivity index (χ3n) is 2.74. The van der Waals surface area contributed by atoms with Crippen molar-refractivity contribution in [3.05, 3.63) is 40.2 Å². The van der Waals surface area contributed by atoms with Crippen LogP contribution in [0.25, 0.3) is 10.9 Å². The molecule has 0 aliphatic rings. The fraction of sp³-hybridized carbons (Fsp3) is 0.286. The Balaban J connectivity index is 2.69. The number of rotatable bonds is 4. The summed E-state index contributed by atoms with van der Waals surface area (Å²) in [5.41, 5.74) is 1.07. The number of nitrogens with one attached hydrogen (secondary N) is 1. The molecule has 4 nitrogen and oxygen atoms in total. The van der Waals surface area contributed by atoms with Crippen LogP contribution < -0.4 is 10.3 Å². The largest absolute Gasteiger partial charge is 0.492 e. The first-order chi connectivity index (χ1) is 8.65. The van der Waals surface area contributed by atoms with Crippen LogP contribution >= 0.6 is 0 Å². The second-order valence-corrected chi connectivity index (χ2v) is 3.97. The lowest BCUT2D eigenvalue weighted by Gasteiger charge is -2.09. The maximum absolute atomic E-state index is 11.8.